The fourth-order valence-corrected chi connectivity index (χ4v) is 2.74. The second-order valence-electron chi connectivity index (χ2n) is 4.28. The number of alkyl halides is 3. The van der Waals surface area contributed by atoms with Gasteiger partial charge < -0.3 is 10.5 Å². The second kappa shape index (κ2) is 5.85. The Hall–Kier alpha value is -1.53. The number of benzene rings is 1. The number of nitrogens with two attached hydrogens (primary N) is 1. The SMILES string of the molecule is Cc1sc(CN)cc1COc1ccccc1C(F)(F)F. The van der Waals surface area contributed by atoms with Crippen LogP contribution in [0.15, 0.2) is 30.3 Å². The molecule has 0 aliphatic rings. The zero-order valence-electron chi connectivity index (χ0n) is 10.8. The normalized spacial score (nSPS) is 11.7. The number of rotatable bonds is 4. The molecule has 0 spiro atoms. The van der Waals surface area contributed by atoms with Crippen molar-refractivity contribution in [2.24, 2.45) is 5.73 Å². The van der Waals surface area contributed by atoms with Crippen LogP contribution in [0.25, 0.3) is 0 Å². The molecule has 0 amide bonds. The number of hydrogen-bond donors (Lipinski definition) is 1. The summed E-state index contributed by atoms with van der Waals surface area (Å²) in [5.41, 5.74) is 5.65. The van der Waals surface area contributed by atoms with Crippen LogP contribution in [0.1, 0.15) is 20.9 Å². The highest BCUT2D eigenvalue weighted by molar-refractivity contribution is 7.12. The Balaban J connectivity index is 2.17. The first-order valence-electron chi connectivity index (χ1n) is 5.99. The number of para-hydroxylation sites is 1. The molecule has 0 atom stereocenters. The van der Waals surface area contributed by atoms with Crippen molar-refractivity contribution in [3.8, 4) is 5.75 Å². The standard InChI is InChI=1S/C14H14F3NOS/c1-9-10(6-11(7-18)20-9)8-19-13-5-3-2-4-12(13)14(15,16)17/h2-6H,7-8,18H2,1H3. The zero-order valence-corrected chi connectivity index (χ0v) is 11.6. The van der Waals surface area contributed by atoms with Crippen LogP contribution in [-0.4, -0.2) is 0 Å². The minimum Gasteiger partial charge on any atom is -0.488 e. The molecule has 2 rings (SSSR count). The molecule has 6 heteroatoms. The van der Waals surface area contributed by atoms with Gasteiger partial charge in [0.2, 0.25) is 0 Å². The third kappa shape index (κ3) is 3.32. The molecule has 20 heavy (non-hydrogen) atoms. The summed E-state index contributed by atoms with van der Waals surface area (Å²) in [6, 6.07) is 7.08. The number of thiophene rings is 1. The predicted octanol–water partition coefficient (Wildman–Crippen LogP) is 4.11. The Morgan fingerprint density at radius 1 is 1.25 bits per heavy atom. The Morgan fingerprint density at radius 3 is 2.55 bits per heavy atom. The largest absolute Gasteiger partial charge is 0.488 e. The molecule has 2 N–H and O–H groups in total. The topological polar surface area (TPSA) is 35.2 Å². The van der Waals surface area contributed by atoms with E-state index in [1.165, 1.54) is 29.5 Å². The molecule has 2 nitrogen and oxygen atoms in total. The summed E-state index contributed by atoms with van der Waals surface area (Å²) in [5.74, 6) is -0.153. The highest BCUT2D eigenvalue weighted by Gasteiger charge is 2.34. The molecule has 1 aromatic heterocycles. The highest BCUT2D eigenvalue weighted by atomic mass is 32.1. The van der Waals surface area contributed by atoms with Gasteiger partial charge in [-0.15, -0.1) is 11.3 Å². The molecule has 0 saturated carbocycles. The number of hydrogen-bond acceptors (Lipinski definition) is 3. The molecule has 0 radical (unpaired) electrons. The molecule has 0 aliphatic carbocycles. The summed E-state index contributed by atoms with van der Waals surface area (Å²) in [4.78, 5) is 2.00. The summed E-state index contributed by atoms with van der Waals surface area (Å²) >= 11 is 1.53. The van der Waals surface area contributed by atoms with Crippen molar-refractivity contribution >= 4 is 11.3 Å². The molecule has 0 fully saturated rings. The van der Waals surface area contributed by atoms with Gasteiger partial charge >= 0.3 is 6.18 Å². The predicted molar refractivity (Wildman–Crippen MR) is 72.7 cm³/mol. The minimum absolute atomic E-state index is 0.107. The average molecular weight is 301 g/mol. The van der Waals surface area contributed by atoms with E-state index < -0.39 is 11.7 Å². The Labute approximate surface area is 119 Å². The van der Waals surface area contributed by atoms with E-state index in [1.54, 1.807) is 0 Å². The maximum absolute atomic E-state index is 12.8. The van der Waals surface area contributed by atoms with Crippen molar-refractivity contribution < 1.29 is 17.9 Å². The van der Waals surface area contributed by atoms with E-state index >= 15 is 0 Å². The van der Waals surface area contributed by atoms with Gasteiger partial charge in [0.25, 0.3) is 0 Å². The first-order chi connectivity index (χ1) is 9.41. The average Bonchev–Trinajstić information content (AvgIpc) is 2.76. The van der Waals surface area contributed by atoms with E-state index in [4.69, 9.17) is 10.5 Å². The van der Waals surface area contributed by atoms with Crippen LogP contribution in [-0.2, 0) is 19.3 Å². The van der Waals surface area contributed by atoms with Gasteiger partial charge in [-0.3, -0.25) is 0 Å². The van der Waals surface area contributed by atoms with Crippen LogP contribution in [0.3, 0.4) is 0 Å². The number of ether oxygens (including phenoxy) is 1. The summed E-state index contributed by atoms with van der Waals surface area (Å²) < 4.78 is 43.8. The summed E-state index contributed by atoms with van der Waals surface area (Å²) in [7, 11) is 0. The van der Waals surface area contributed by atoms with E-state index in [9.17, 15) is 13.2 Å². The van der Waals surface area contributed by atoms with Gasteiger partial charge in [0.15, 0.2) is 0 Å². The molecule has 2 aromatic rings. The Kier molecular flexibility index (Phi) is 4.35. The highest BCUT2D eigenvalue weighted by Crippen LogP contribution is 2.36. The van der Waals surface area contributed by atoms with Crippen LogP contribution >= 0.6 is 11.3 Å². The van der Waals surface area contributed by atoms with Crippen molar-refractivity contribution in [3.63, 3.8) is 0 Å². The van der Waals surface area contributed by atoms with E-state index in [0.29, 0.717) is 6.54 Å². The number of halogens is 3. The van der Waals surface area contributed by atoms with Crippen LogP contribution in [0.2, 0.25) is 0 Å². The van der Waals surface area contributed by atoms with Crippen molar-refractivity contribution in [2.75, 3.05) is 0 Å². The lowest BCUT2D eigenvalue weighted by atomic mass is 10.2. The van der Waals surface area contributed by atoms with Crippen molar-refractivity contribution in [2.45, 2.75) is 26.3 Å². The van der Waals surface area contributed by atoms with Gasteiger partial charge in [0.1, 0.15) is 12.4 Å². The lowest BCUT2D eigenvalue weighted by molar-refractivity contribution is -0.139. The van der Waals surface area contributed by atoms with Crippen LogP contribution in [0, 0.1) is 6.92 Å². The van der Waals surface area contributed by atoms with Crippen molar-refractivity contribution in [1.29, 1.82) is 0 Å². The second-order valence-corrected chi connectivity index (χ2v) is 5.62. The van der Waals surface area contributed by atoms with Crippen LogP contribution in [0.4, 0.5) is 13.2 Å². The van der Waals surface area contributed by atoms with Gasteiger partial charge in [-0.1, -0.05) is 12.1 Å². The summed E-state index contributed by atoms with van der Waals surface area (Å²) in [5, 5.41) is 0. The molecule has 1 aromatic carbocycles. The van der Waals surface area contributed by atoms with E-state index in [1.807, 2.05) is 13.0 Å². The molecular weight excluding hydrogens is 287 g/mol. The third-order valence-corrected chi connectivity index (χ3v) is 3.96. The van der Waals surface area contributed by atoms with Crippen LogP contribution in [0.5, 0.6) is 5.75 Å². The summed E-state index contributed by atoms with van der Waals surface area (Å²) in [6.45, 7) is 2.43. The molecule has 108 valence electrons. The first kappa shape index (κ1) is 14.9. The maximum Gasteiger partial charge on any atom is 0.419 e. The molecule has 0 unspecified atom stereocenters. The lowest BCUT2D eigenvalue weighted by Crippen LogP contribution is -2.08. The molecule has 0 aliphatic heterocycles. The van der Waals surface area contributed by atoms with Crippen LogP contribution < -0.4 is 10.5 Å². The van der Waals surface area contributed by atoms with E-state index in [0.717, 1.165) is 21.4 Å². The first-order valence-corrected chi connectivity index (χ1v) is 6.80. The summed E-state index contributed by atoms with van der Waals surface area (Å²) in [6.07, 6.45) is -4.41. The van der Waals surface area contributed by atoms with Gasteiger partial charge in [-0.2, -0.15) is 13.2 Å². The van der Waals surface area contributed by atoms with Gasteiger partial charge in [0, 0.05) is 21.9 Å². The van der Waals surface area contributed by atoms with Gasteiger partial charge in [-0.05, 0) is 25.1 Å². The molecule has 1 heterocycles. The zero-order chi connectivity index (χ0) is 14.8. The fourth-order valence-electron chi connectivity index (χ4n) is 1.81. The maximum atomic E-state index is 12.8. The fraction of sp³-hybridized carbons (Fsp3) is 0.286. The van der Waals surface area contributed by atoms with E-state index in [2.05, 4.69) is 0 Å². The van der Waals surface area contributed by atoms with Crippen molar-refractivity contribution in [3.05, 3.63) is 51.2 Å². The Bertz CT molecular complexity index is 592. The quantitative estimate of drug-likeness (QED) is 0.922. The molecule has 0 bridgehead atoms. The minimum atomic E-state index is -4.41. The monoisotopic (exact) mass is 301 g/mol. The van der Waals surface area contributed by atoms with Gasteiger partial charge in [0.05, 0.1) is 5.56 Å². The van der Waals surface area contributed by atoms with E-state index in [-0.39, 0.29) is 12.4 Å². The Morgan fingerprint density at radius 2 is 1.95 bits per heavy atom. The van der Waals surface area contributed by atoms with Gasteiger partial charge in [-0.25, -0.2) is 0 Å². The smallest absolute Gasteiger partial charge is 0.419 e. The lowest BCUT2D eigenvalue weighted by Gasteiger charge is -2.13. The third-order valence-electron chi connectivity index (χ3n) is 2.85. The molecule has 0 saturated heterocycles. The molecular formula is C14H14F3NOS. The number of aryl methyl sites for hydroxylation is 1. The van der Waals surface area contributed by atoms with Crippen molar-refractivity contribution in [1.82, 2.24) is 0 Å².